The molecule has 1 aromatic heterocycles. The first-order chi connectivity index (χ1) is 10.2. The molecular weight excluding hydrogens is 278 g/mol. The van der Waals surface area contributed by atoms with E-state index in [4.69, 9.17) is 5.41 Å². The molecule has 0 fully saturated rings. The first kappa shape index (κ1) is 14.4. The van der Waals surface area contributed by atoms with Gasteiger partial charge in [0.15, 0.2) is 0 Å². The first-order valence-corrected chi connectivity index (χ1v) is 8.49. The van der Waals surface area contributed by atoms with E-state index in [9.17, 15) is 0 Å². The van der Waals surface area contributed by atoms with Crippen LogP contribution in [0, 0.1) is 5.41 Å². The average molecular weight is 299 g/mol. The normalized spacial score (nSPS) is 16.2. The Labute approximate surface area is 129 Å². The van der Waals surface area contributed by atoms with Crippen molar-refractivity contribution in [3.63, 3.8) is 0 Å². The molecule has 110 valence electrons. The first-order valence-electron chi connectivity index (χ1n) is 7.27. The minimum Gasteiger partial charge on any atom is -0.361 e. The van der Waals surface area contributed by atoms with E-state index >= 15 is 0 Å². The standard InChI is InChI=1S/C17H21N3S/c1-20-7-5-13(6-8-20)15-11-19-16-4-3-12(9-14(15)16)10-17(18)21-2/h3-5,9,11,18-19H,6-8,10H2,1-2H3. The summed E-state index contributed by atoms with van der Waals surface area (Å²) < 4.78 is 0. The van der Waals surface area contributed by atoms with Crippen LogP contribution in [0.15, 0.2) is 30.5 Å². The zero-order chi connectivity index (χ0) is 14.8. The molecular formula is C17H21N3S. The van der Waals surface area contributed by atoms with Gasteiger partial charge in [-0.2, -0.15) is 0 Å². The van der Waals surface area contributed by atoms with Crippen molar-refractivity contribution < 1.29 is 0 Å². The molecule has 0 spiro atoms. The summed E-state index contributed by atoms with van der Waals surface area (Å²) in [4.78, 5) is 5.71. The van der Waals surface area contributed by atoms with Crippen LogP contribution in [0.1, 0.15) is 17.5 Å². The van der Waals surface area contributed by atoms with Gasteiger partial charge in [-0.05, 0) is 43.0 Å². The van der Waals surface area contributed by atoms with Crippen molar-refractivity contribution in [3.8, 4) is 0 Å². The Kier molecular flexibility index (Phi) is 4.17. The molecule has 0 amide bonds. The summed E-state index contributed by atoms with van der Waals surface area (Å²) in [6.45, 7) is 2.15. The number of rotatable bonds is 3. The summed E-state index contributed by atoms with van der Waals surface area (Å²) in [5.41, 5.74) is 5.17. The van der Waals surface area contributed by atoms with Gasteiger partial charge in [0, 0.05) is 42.2 Å². The number of hydrogen-bond donors (Lipinski definition) is 2. The monoisotopic (exact) mass is 299 g/mol. The van der Waals surface area contributed by atoms with E-state index in [0.29, 0.717) is 5.04 Å². The number of fused-ring (bicyclic) bond motifs is 1. The highest BCUT2D eigenvalue weighted by molar-refractivity contribution is 8.13. The van der Waals surface area contributed by atoms with Crippen molar-refractivity contribution in [2.24, 2.45) is 0 Å². The van der Waals surface area contributed by atoms with Gasteiger partial charge in [-0.3, -0.25) is 5.41 Å². The molecule has 3 nitrogen and oxygen atoms in total. The van der Waals surface area contributed by atoms with Crippen LogP contribution in [-0.2, 0) is 6.42 Å². The number of thioether (sulfide) groups is 1. The smallest absolute Gasteiger partial charge is 0.0682 e. The summed E-state index contributed by atoms with van der Waals surface area (Å²) in [5.74, 6) is 0. The Morgan fingerprint density at radius 1 is 1.43 bits per heavy atom. The Morgan fingerprint density at radius 3 is 3.00 bits per heavy atom. The van der Waals surface area contributed by atoms with Crippen molar-refractivity contribution >= 4 is 33.3 Å². The topological polar surface area (TPSA) is 42.9 Å². The lowest BCUT2D eigenvalue weighted by molar-refractivity contribution is 0.370. The second-order valence-electron chi connectivity index (χ2n) is 5.63. The lowest BCUT2D eigenvalue weighted by atomic mass is 9.98. The largest absolute Gasteiger partial charge is 0.361 e. The van der Waals surface area contributed by atoms with Gasteiger partial charge in [-0.1, -0.05) is 12.1 Å². The van der Waals surface area contributed by atoms with Crippen molar-refractivity contribution in [2.75, 3.05) is 26.4 Å². The molecule has 0 saturated heterocycles. The third-order valence-corrected chi connectivity index (χ3v) is 4.75. The fourth-order valence-corrected chi connectivity index (χ4v) is 3.13. The Bertz CT molecular complexity index is 699. The van der Waals surface area contributed by atoms with Gasteiger partial charge >= 0.3 is 0 Å². The Hall–Kier alpha value is -1.52. The molecule has 21 heavy (non-hydrogen) atoms. The lowest BCUT2D eigenvalue weighted by Crippen LogP contribution is -2.23. The zero-order valence-electron chi connectivity index (χ0n) is 12.6. The van der Waals surface area contributed by atoms with Crippen molar-refractivity contribution in [2.45, 2.75) is 12.8 Å². The van der Waals surface area contributed by atoms with E-state index < -0.39 is 0 Å². The van der Waals surface area contributed by atoms with Gasteiger partial charge in [0.25, 0.3) is 0 Å². The number of aromatic amines is 1. The molecule has 2 heterocycles. The molecule has 2 N–H and O–H groups in total. The Morgan fingerprint density at radius 2 is 2.29 bits per heavy atom. The van der Waals surface area contributed by atoms with Crippen LogP contribution in [0.25, 0.3) is 16.5 Å². The lowest BCUT2D eigenvalue weighted by Gasteiger charge is -2.21. The quantitative estimate of drug-likeness (QED) is 0.669. The van der Waals surface area contributed by atoms with Crippen molar-refractivity contribution in [1.29, 1.82) is 5.41 Å². The molecule has 0 unspecified atom stereocenters. The third-order valence-electron chi connectivity index (χ3n) is 4.12. The number of hydrogen-bond acceptors (Lipinski definition) is 3. The van der Waals surface area contributed by atoms with Crippen molar-refractivity contribution in [3.05, 3.63) is 41.6 Å². The summed E-state index contributed by atoms with van der Waals surface area (Å²) in [7, 11) is 2.16. The highest BCUT2D eigenvalue weighted by Gasteiger charge is 2.13. The molecule has 3 rings (SSSR count). The molecule has 1 aliphatic heterocycles. The number of benzene rings is 1. The number of nitrogens with one attached hydrogen (secondary N) is 2. The second-order valence-corrected chi connectivity index (χ2v) is 6.53. The van der Waals surface area contributed by atoms with E-state index in [0.717, 1.165) is 25.9 Å². The molecule has 4 heteroatoms. The van der Waals surface area contributed by atoms with Crippen molar-refractivity contribution in [1.82, 2.24) is 9.88 Å². The summed E-state index contributed by atoms with van der Waals surface area (Å²) in [6, 6.07) is 6.50. The summed E-state index contributed by atoms with van der Waals surface area (Å²) >= 11 is 1.52. The van der Waals surface area contributed by atoms with Crippen LogP contribution in [0.5, 0.6) is 0 Å². The van der Waals surface area contributed by atoms with Gasteiger partial charge in [0.2, 0.25) is 0 Å². The molecule has 0 atom stereocenters. The van der Waals surface area contributed by atoms with E-state index in [1.165, 1.54) is 39.4 Å². The second kappa shape index (κ2) is 6.08. The van der Waals surface area contributed by atoms with Gasteiger partial charge in [0.1, 0.15) is 0 Å². The third kappa shape index (κ3) is 3.06. The molecule has 0 radical (unpaired) electrons. The SMILES string of the molecule is CSC(=N)Cc1ccc2[nH]cc(C3=CCN(C)CC3)c2c1. The van der Waals surface area contributed by atoms with Gasteiger partial charge < -0.3 is 9.88 Å². The average Bonchev–Trinajstić information content (AvgIpc) is 2.91. The molecule has 0 aliphatic carbocycles. The van der Waals surface area contributed by atoms with Crippen LogP contribution >= 0.6 is 11.8 Å². The molecule has 2 aromatic rings. The molecule has 0 bridgehead atoms. The van der Waals surface area contributed by atoms with E-state index in [2.05, 4.69) is 47.4 Å². The summed E-state index contributed by atoms with van der Waals surface area (Å²) in [5, 5.41) is 9.86. The maximum absolute atomic E-state index is 7.86. The maximum Gasteiger partial charge on any atom is 0.0682 e. The predicted molar refractivity (Wildman–Crippen MR) is 93.3 cm³/mol. The molecule has 0 saturated carbocycles. The maximum atomic E-state index is 7.86. The minimum atomic E-state index is 0.713. The number of aromatic nitrogens is 1. The van der Waals surface area contributed by atoms with E-state index in [-0.39, 0.29) is 0 Å². The fraction of sp³-hybridized carbons (Fsp3) is 0.353. The fourth-order valence-electron chi connectivity index (χ4n) is 2.82. The minimum absolute atomic E-state index is 0.713. The number of H-pyrrole nitrogens is 1. The van der Waals surface area contributed by atoms with Crippen LogP contribution in [0.2, 0.25) is 0 Å². The predicted octanol–water partition coefficient (Wildman–Crippen LogP) is 3.77. The van der Waals surface area contributed by atoms with E-state index in [1.807, 2.05) is 6.26 Å². The number of nitrogens with zero attached hydrogens (tertiary/aromatic N) is 1. The number of likely N-dealkylation sites (N-methyl/N-ethyl adjacent to an activating group) is 1. The highest BCUT2D eigenvalue weighted by Crippen LogP contribution is 2.30. The van der Waals surface area contributed by atoms with Crippen LogP contribution in [0.4, 0.5) is 0 Å². The van der Waals surface area contributed by atoms with E-state index in [1.54, 1.807) is 0 Å². The van der Waals surface area contributed by atoms with Crippen LogP contribution in [0.3, 0.4) is 0 Å². The Balaban J connectivity index is 1.96. The van der Waals surface area contributed by atoms with Gasteiger partial charge in [-0.25, -0.2) is 0 Å². The summed E-state index contributed by atoms with van der Waals surface area (Å²) in [6.07, 6.45) is 8.26. The highest BCUT2D eigenvalue weighted by atomic mass is 32.2. The molecule has 1 aliphatic rings. The van der Waals surface area contributed by atoms with Gasteiger partial charge in [0.05, 0.1) is 5.04 Å². The molecule has 1 aromatic carbocycles. The van der Waals surface area contributed by atoms with Crippen LogP contribution in [-0.4, -0.2) is 41.3 Å². The van der Waals surface area contributed by atoms with Gasteiger partial charge in [-0.15, -0.1) is 11.8 Å². The zero-order valence-corrected chi connectivity index (χ0v) is 13.4. The van der Waals surface area contributed by atoms with Crippen LogP contribution < -0.4 is 0 Å².